The van der Waals surface area contributed by atoms with Crippen molar-refractivity contribution in [2.24, 2.45) is 0 Å². The molecule has 3 rings (SSSR count). The van der Waals surface area contributed by atoms with Crippen LogP contribution in [0.25, 0.3) is 0 Å². The van der Waals surface area contributed by atoms with E-state index in [2.05, 4.69) is 0 Å². The second-order valence-corrected chi connectivity index (χ2v) is 5.53. The third kappa shape index (κ3) is 3.60. The molecular weight excluding hydrogens is 324 g/mol. The van der Waals surface area contributed by atoms with E-state index >= 15 is 0 Å². The van der Waals surface area contributed by atoms with Crippen LogP contribution in [-0.4, -0.2) is 15.7 Å². The number of nitro benzene ring substituents is 1. The van der Waals surface area contributed by atoms with E-state index < -0.39 is 4.92 Å². The van der Waals surface area contributed by atoms with Gasteiger partial charge in [0.1, 0.15) is 11.5 Å². The summed E-state index contributed by atoms with van der Waals surface area (Å²) in [7, 11) is 0. The Labute approximate surface area is 143 Å². The van der Waals surface area contributed by atoms with Crippen LogP contribution >= 0.6 is 0 Å². The summed E-state index contributed by atoms with van der Waals surface area (Å²) in [5.41, 5.74) is 0.537. The number of amides is 1. The number of carbonyl (C=O) groups is 1. The van der Waals surface area contributed by atoms with Gasteiger partial charge in [-0.05, 0) is 37.3 Å². The molecule has 0 unspecified atom stereocenters. The van der Waals surface area contributed by atoms with Crippen molar-refractivity contribution in [1.82, 2.24) is 4.90 Å². The second-order valence-electron chi connectivity index (χ2n) is 5.53. The first-order valence-electron chi connectivity index (χ1n) is 7.64. The summed E-state index contributed by atoms with van der Waals surface area (Å²) < 4.78 is 10.7. The normalized spacial score (nSPS) is 10.6. The molecule has 0 saturated heterocycles. The largest absolute Gasteiger partial charge is 0.467 e. The van der Waals surface area contributed by atoms with Gasteiger partial charge < -0.3 is 13.7 Å². The van der Waals surface area contributed by atoms with Gasteiger partial charge in [-0.25, -0.2) is 0 Å². The van der Waals surface area contributed by atoms with E-state index in [9.17, 15) is 14.9 Å². The molecule has 0 aliphatic carbocycles. The highest BCUT2D eigenvalue weighted by atomic mass is 16.6. The third-order valence-electron chi connectivity index (χ3n) is 3.87. The van der Waals surface area contributed by atoms with Gasteiger partial charge in [-0.2, -0.15) is 0 Å². The Bertz CT molecular complexity index is 833. The maximum atomic E-state index is 13.0. The predicted octanol–water partition coefficient (Wildman–Crippen LogP) is 3.93. The van der Waals surface area contributed by atoms with E-state index in [0.29, 0.717) is 17.1 Å². The molecule has 0 fully saturated rings. The van der Waals surface area contributed by atoms with Crippen molar-refractivity contribution in [3.05, 3.63) is 87.8 Å². The van der Waals surface area contributed by atoms with E-state index in [1.54, 1.807) is 37.3 Å². The van der Waals surface area contributed by atoms with Crippen molar-refractivity contribution in [3.63, 3.8) is 0 Å². The molecule has 7 nitrogen and oxygen atoms in total. The lowest BCUT2D eigenvalue weighted by molar-refractivity contribution is -0.385. The van der Waals surface area contributed by atoms with Crippen molar-refractivity contribution in [2.75, 3.05) is 0 Å². The molecule has 3 aromatic rings. The maximum absolute atomic E-state index is 13.0. The van der Waals surface area contributed by atoms with E-state index in [4.69, 9.17) is 8.83 Å². The van der Waals surface area contributed by atoms with Gasteiger partial charge >= 0.3 is 0 Å². The Morgan fingerprint density at radius 3 is 2.12 bits per heavy atom. The lowest BCUT2D eigenvalue weighted by atomic mass is 10.1. The van der Waals surface area contributed by atoms with Crippen LogP contribution in [0.5, 0.6) is 0 Å². The molecule has 1 amide bonds. The summed E-state index contributed by atoms with van der Waals surface area (Å²) in [5.74, 6) is 0.903. The number of carbonyl (C=O) groups excluding carboxylic acids is 1. The Hall–Kier alpha value is -3.35. The van der Waals surface area contributed by atoms with Gasteiger partial charge in [0.05, 0.1) is 30.5 Å². The predicted molar refractivity (Wildman–Crippen MR) is 88.8 cm³/mol. The molecule has 2 aromatic heterocycles. The molecule has 25 heavy (non-hydrogen) atoms. The molecule has 7 heteroatoms. The van der Waals surface area contributed by atoms with Gasteiger partial charge in [-0.15, -0.1) is 0 Å². The van der Waals surface area contributed by atoms with E-state index in [0.717, 1.165) is 0 Å². The lowest BCUT2D eigenvalue weighted by Gasteiger charge is -2.21. The average molecular weight is 340 g/mol. The van der Waals surface area contributed by atoms with Crippen LogP contribution in [0.2, 0.25) is 0 Å². The van der Waals surface area contributed by atoms with Gasteiger partial charge in [-0.1, -0.05) is 6.07 Å². The molecule has 0 bridgehead atoms. The Balaban J connectivity index is 1.93. The van der Waals surface area contributed by atoms with Gasteiger partial charge in [0.2, 0.25) is 0 Å². The summed E-state index contributed by atoms with van der Waals surface area (Å²) >= 11 is 0. The zero-order valence-corrected chi connectivity index (χ0v) is 13.5. The minimum Gasteiger partial charge on any atom is -0.467 e. The number of nitro groups is 1. The molecule has 0 spiro atoms. The highest BCUT2D eigenvalue weighted by molar-refractivity contribution is 5.96. The number of furan rings is 2. The molecular formula is C18H16N2O5. The van der Waals surface area contributed by atoms with E-state index in [1.165, 1.54) is 29.6 Å². The molecule has 0 radical (unpaired) electrons. The summed E-state index contributed by atoms with van der Waals surface area (Å²) in [6, 6.07) is 11.5. The highest BCUT2D eigenvalue weighted by Crippen LogP contribution is 2.24. The average Bonchev–Trinajstić information content (AvgIpc) is 3.27. The van der Waals surface area contributed by atoms with Crippen molar-refractivity contribution >= 4 is 11.6 Å². The number of benzene rings is 1. The van der Waals surface area contributed by atoms with Crippen molar-refractivity contribution < 1.29 is 18.6 Å². The first kappa shape index (κ1) is 16.5. The summed E-state index contributed by atoms with van der Waals surface area (Å²) in [5, 5.41) is 11.1. The number of hydrogen-bond donors (Lipinski definition) is 0. The SMILES string of the molecule is Cc1c(C(=O)N(Cc2ccco2)Cc2ccco2)cccc1[N+](=O)[O-]. The monoisotopic (exact) mass is 340 g/mol. The Morgan fingerprint density at radius 1 is 1.04 bits per heavy atom. The second kappa shape index (κ2) is 7.04. The zero-order valence-electron chi connectivity index (χ0n) is 13.5. The van der Waals surface area contributed by atoms with E-state index in [1.807, 2.05) is 0 Å². The fourth-order valence-electron chi connectivity index (χ4n) is 2.60. The summed E-state index contributed by atoms with van der Waals surface area (Å²) in [6.07, 6.45) is 3.06. The van der Waals surface area contributed by atoms with Crippen molar-refractivity contribution in [2.45, 2.75) is 20.0 Å². The zero-order chi connectivity index (χ0) is 17.8. The van der Waals surface area contributed by atoms with Crippen LogP contribution in [-0.2, 0) is 13.1 Å². The summed E-state index contributed by atoms with van der Waals surface area (Å²) in [6.45, 7) is 2.03. The minimum atomic E-state index is -0.491. The van der Waals surface area contributed by atoms with Crippen LogP contribution in [0.3, 0.4) is 0 Å². The lowest BCUT2D eigenvalue weighted by Crippen LogP contribution is -2.30. The molecule has 2 heterocycles. The Kier molecular flexibility index (Phi) is 4.65. The first-order chi connectivity index (χ1) is 12.1. The van der Waals surface area contributed by atoms with Gasteiger partial charge in [0.15, 0.2) is 0 Å². The van der Waals surface area contributed by atoms with Crippen molar-refractivity contribution in [1.29, 1.82) is 0 Å². The molecule has 0 N–H and O–H groups in total. The standard InChI is InChI=1S/C18H16N2O5/c1-13-16(7-2-8-17(13)20(22)23)18(21)19(11-14-5-3-9-24-14)12-15-6-4-10-25-15/h2-10H,11-12H2,1H3. The van der Waals surface area contributed by atoms with Crippen LogP contribution in [0.4, 0.5) is 5.69 Å². The maximum Gasteiger partial charge on any atom is 0.273 e. The molecule has 128 valence electrons. The first-order valence-corrected chi connectivity index (χ1v) is 7.64. The summed E-state index contributed by atoms with van der Waals surface area (Å²) in [4.78, 5) is 25.2. The van der Waals surface area contributed by atoms with Gasteiger partial charge in [0, 0.05) is 17.2 Å². The quantitative estimate of drug-likeness (QED) is 0.501. The van der Waals surface area contributed by atoms with E-state index in [-0.39, 0.29) is 30.2 Å². The number of nitrogens with zero attached hydrogens (tertiary/aromatic N) is 2. The fourth-order valence-corrected chi connectivity index (χ4v) is 2.60. The molecule has 0 aliphatic rings. The molecule has 1 aromatic carbocycles. The van der Waals surface area contributed by atoms with Crippen LogP contribution in [0.15, 0.2) is 63.8 Å². The fraction of sp³-hybridized carbons (Fsp3) is 0.167. The number of hydrogen-bond acceptors (Lipinski definition) is 5. The van der Waals surface area contributed by atoms with Gasteiger partial charge in [0.25, 0.3) is 11.6 Å². The highest BCUT2D eigenvalue weighted by Gasteiger charge is 2.24. The smallest absolute Gasteiger partial charge is 0.273 e. The minimum absolute atomic E-state index is 0.0817. The van der Waals surface area contributed by atoms with Crippen LogP contribution in [0, 0.1) is 17.0 Å². The van der Waals surface area contributed by atoms with Crippen LogP contribution < -0.4 is 0 Å². The molecule has 0 saturated carbocycles. The molecule has 0 aliphatic heterocycles. The van der Waals surface area contributed by atoms with Gasteiger partial charge in [-0.3, -0.25) is 14.9 Å². The molecule has 0 atom stereocenters. The van der Waals surface area contributed by atoms with Crippen molar-refractivity contribution in [3.8, 4) is 0 Å². The number of rotatable bonds is 6. The third-order valence-corrected chi connectivity index (χ3v) is 3.87. The van der Waals surface area contributed by atoms with Crippen LogP contribution in [0.1, 0.15) is 27.4 Å². The Morgan fingerprint density at radius 2 is 1.64 bits per heavy atom. The topological polar surface area (TPSA) is 89.7 Å².